The van der Waals surface area contributed by atoms with E-state index in [9.17, 15) is 4.39 Å². The maximum absolute atomic E-state index is 14.2. The number of nitrogens with one attached hydrogen (secondary N) is 1. The van der Waals surface area contributed by atoms with Crippen molar-refractivity contribution in [1.82, 2.24) is 4.98 Å². The molecule has 5 N–H and O–H groups in total. The van der Waals surface area contributed by atoms with Crippen LogP contribution < -0.4 is 16.2 Å². The lowest BCUT2D eigenvalue weighted by Crippen LogP contribution is -2.00. The number of anilines is 1. The molecule has 0 unspecified atom stereocenters. The molecule has 6 heteroatoms. The van der Waals surface area contributed by atoms with Crippen LogP contribution in [0.3, 0.4) is 0 Å². The summed E-state index contributed by atoms with van der Waals surface area (Å²) < 4.78 is 19.7. The molecule has 2 aromatic rings. The molecule has 5 nitrogen and oxygen atoms in total. The molecular formula is C14H13FN4O. The first kappa shape index (κ1) is 13.5. The van der Waals surface area contributed by atoms with Crippen molar-refractivity contribution in [3.63, 3.8) is 0 Å². The van der Waals surface area contributed by atoms with Crippen molar-refractivity contribution < 1.29 is 9.13 Å². The van der Waals surface area contributed by atoms with Crippen LogP contribution in [0.15, 0.2) is 42.7 Å². The second-order valence-corrected chi connectivity index (χ2v) is 3.91. The first-order valence-corrected chi connectivity index (χ1v) is 5.76. The highest BCUT2D eigenvalue weighted by atomic mass is 19.1. The van der Waals surface area contributed by atoms with Crippen molar-refractivity contribution >= 4 is 17.5 Å². The average molecular weight is 272 g/mol. The van der Waals surface area contributed by atoms with Crippen molar-refractivity contribution in [2.45, 2.75) is 0 Å². The average Bonchev–Trinajstić information content (AvgIpc) is 2.46. The normalized spacial score (nSPS) is 11.2. The van der Waals surface area contributed by atoms with E-state index in [1.165, 1.54) is 12.3 Å². The van der Waals surface area contributed by atoms with E-state index in [4.69, 9.17) is 21.6 Å². The molecule has 0 radical (unpaired) electrons. The summed E-state index contributed by atoms with van der Waals surface area (Å²) in [5, 5.41) is 7.17. The molecule has 0 fully saturated rings. The number of rotatable bonds is 4. The Morgan fingerprint density at radius 2 is 1.95 bits per heavy atom. The van der Waals surface area contributed by atoms with Crippen molar-refractivity contribution in [3.05, 3.63) is 54.2 Å². The number of nitrogen functional groups attached to an aromatic ring is 1. The molecule has 1 heterocycles. The number of hydrogen-bond donors (Lipinski definition) is 3. The summed E-state index contributed by atoms with van der Waals surface area (Å²) in [6.07, 6.45) is 3.43. The molecule has 0 atom stereocenters. The second kappa shape index (κ2) is 5.83. The van der Waals surface area contributed by atoms with Crippen LogP contribution in [0.5, 0.6) is 11.5 Å². The van der Waals surface area contributed by atoms with E-state index in [1.807, 2.05) is 0 Å². The monoisotopic (exact) mass is 272 g/mol. The van der Waals surface area contributed by atoms with Gasteiger partial charge in [0, 0.05) is 35.9 Å². The number of halogens is 1. The van der Waals surface area contributed by atoms with Crippen LogP contribution in [-0.4, -0.2) is 11.2 Å². The van der Waals surface area contributed by atoms with Gasteiger partial charge in [-0.25, -0.2) is 4.39 Å². The van der Waals surface area contributed by atoms with Gasteiger partial charge in [-0.3, -0.25) is 4.98 Å². The fourth-order valence-corrected chi connectivity index (χ4v) is 1.56. The third kappa shape index (κ3) is 2.74. The van der Waals surface area contributed by atoms with Gasteiger partial charge >= 0.3 is 0 Å². The molecule has 0 aliphatic carbocycles. The smallest absolute Gasteiger partial charge is 0.192 e. The Morgan fingerprint density at radius 3 is 2.55 bits per heavy atom. The standard InChI is InChI=1S/C14H13FN4O/c15-13-12(20-11-3-1-10(18)2-4-11)5-6-19-14(13)9(7-16)8-17/h1-8,16H,17-18H2. The Kier molecular flexibility index (Phi) is 3.95. The van der Waals surface area contributed by atoms with Crippen LogP contribution in [0.2, 0.25) is 0 Å². The van der Waals surface area contributed by atoms with Gasteiger partial charge in [0.1, 0.15) is 11.4 Å². The van der Waals surface area contributed by atoms with Crippen LogP contribution >= 0.6 is 0 Å². The van der Waals surface area contributed by atoms with Crippen LogP contribution in [0.4, 0.5) is 10.1 Å². The maximum Gasteiger partial charge on any atom is 0.192 e. The number of ether oxygens (including phenoxy) is 1. The van der Waals surface area contributed by atoms with Crippen LogP contribution in [0, 0.1) is 11.2 Å². The molecule has 0 aliphatic heterocycles. The lowest BCUT2D eigenvalue weighted by atomic mass is 10.2. The predicted octanol–water partition coefficient (Wildman–Crippen LogP) is 2.54. The van der Waals surface area contributed by atoms with Crippen molar-refractivity contribution in [1.29, 1.82) is 5.41 Å². The first-order valence-electron chi connectivity index (χ1n) is 5.76. The molecule has 0 bridgehead atoms. The van der Waals surface area contributed by atoms with Crippen molar-refractivity contribution in [2.75, 3.05) is 5.73 Å². The minimum atomic E-state index is -0.676. The predicted molar refractivity (Wildman–Crippen MR) is 76.1 cm³/mol. The Hall–Kier alpha value is -2.89. The number of benzene rings is 1. The minimum Gasteiger partial charge on any atom is -0.454 e. The zero-order chi connectivity index (χ0) is 14.5. The van der Waals surface area contributed by atoms with Gasteiger partial charge < -0.3 is 21.6 Å². The Labute approximate surface area is 115 Å². The topological polar surface area (TPSA) is 98.0 Å². The largest absolute Gasteiger partial charge is 0.454 e. The molecule has 1 aromatic carbocycles. The van der Waals surface area contributed by atoms with E-state index < -0.39 is 5.82 Å². The highest BCUT2D eigenvalue weighted by Gasteiger charge is 2.14. The van der Waals surface area contributed by atoms with Gasteiger partial charge in [0.15, 0.2) is 11.6 Å². The third-order valence-corrected chi connectivity index (χ3v) is 2.57. The highest BCUT2D eigenvalue weighted by molar-refractivity contribution is 6.07. The number of nitrogens with zero attached hydrogens (tertiary/aromatic N) is 1. The summed E-state index contributed by atoms with van der Waals surface area (Å²) in [4.78, 5) is 3.86. The van der Waals surface area contributed by atoms with E-state index in [0.29, 0.717) is 11.4 Å². The Bertz CT molecular complexity index is 653. The maximum atomic E-state index is 14.2. The summed E-state index contributed by atoms with van der Waals surface area (Å²) >= 11 is 0. The van der Waals surface area contributed by atoms with Crippen LogP contribution in [-0.2, 0) is 0 Å². The van der Waals surface area contributed by atoms with Gasteiger partial charge in [-0.1, -0.05) is 0 Å². The summed E-state index contributed by atoms with van der Waals surface area (Å²) in [5.41, 5.74) is 11.6. The van der Waals surface area contributed by atoms with Gasteiger partial charge in [-0.05, 0) is 24.3 Å². The first-order chi connectivity index (χ1) is 9.65. The molecule has 20 heavy (non-hydrogen) atoms. The molecule has 0 saturated heterocycles. The molecular weight excluding hydrogens is 259 g/mol. The quantitative estimate of drug-likeness (QED) is 0.588. The van der Waals surface area contributed by atoms with Gasteiger partial charge in [-0.15, -0.1) is 0 Å². The van der Waals surface area contributed by atoms with Crippen molar-refractivity contribution in [3.8, 4) is 11.5 Å². The zero-order valence-electron chi connectivity index (χ0n) is 10.5. The fraction of sp³-hybridized carbons (Fsp3) is 0. The lowest BCUT2D eigenvalue weighted by Gasteiger charge is -2.09. The van der Waals surface area contributed by atoms with E-state index in [-0.39, 0.29) is 17.0 Å². The molecule has 2 rings (SSSR count). The number of aromatic nitrogens is 1. The summed E-state index contributed by atoms with van der Waals surface area (Å²) in [7, 11) is 0. The van der Waals surface area contributed by atoms with Gasteiger partial charge in [0.25, 0.3) is 0 Å². The Balaban J connectivity index is 2.36. The van der Waals surface area contributed by atoms with E-state index >= 15 is 0 Å². The summed E-state index contributed by atoms with van der Waals surface area (Å²) in [5.74, 6) is -0.228. The Morgan fingerprint density at radius 1 is 1.25 bits per heavy atom. The molecule has 0 aliphatic rings. The molecule has 0 amide bonds. The SMILES string of the molecule is N=CC(=CN)c1nccc(Oc2ccc(N)cc2)c1F. The summed E-state index contributed by atoms with van der Waals surface area (Å²) in [6, 6.07) is 7.96. The fourth-order valence-electron chi connectivity index (χ4n) is 1.56. The molecule has 1 aromatic heterocycles. The third-order valence-electron chi connectivity index (χ3n) is 2.57. The van der Waals surface area contributed by atoms with Gasteiger partial charge in [0.2, 0.25) is 0 Å². The molecule has 0 saturated carbocycles. The van der Waals surface area contributed by atoms with Crippen LogP contribution in [0.1, 0.15) is 5.69 Å². The summed E-state index contributed by atoms with van der Waals surface area (Å²) in [6.45, 7) is 0. The molecule has 0 spiro atoms. The van der Waals surface area contributed by atoms with Gasteiger partial charge in [0.05, 0.1) is 0 Å². The number of pyridine rings is 1. The number of allylic oxidation sites excluding steroid dienone is 1. The second-order valence-electron chi connectivity index (χ2n) is 3.91. The zero-order valence-corrected chi connectivity index (χ0v) is 10.5. The van der Waals surface area contributed by atoms with E-state index in [1.54, 1.807) is 24.3 Å². The van der Waals surface area contributed by atoms with E-state index in [0.717, 1.165) is 12.4 Å². The number of hydrogen-bond acceptors (Lipinski definition) is 5. The lowest BCUT2D eigenvalue weighted by molar-refractivity contribution is 0.439. The van der Waals surface area contributed by atoms with Crippen LogP contribution in [0.25, 0.3) is 5.57 Å². The van der Waals surface area contributed by atoms with E-state index in [2.05, 4.69) is 4.98 Å². The highest BCUT2D eigenvalue weighted by Crippen LogP contribution is 2.27. The molecule has 102 valence electrons. The minimum absolute atomic E-state index is 0.000899. The van der Waals surface area contributed by atoms with Gasteiger partial charge in [-0.2, -0.15) is 0 Å². The van der Waals surface area contributed by atoms with Crippen molar-refractivity contribution in [2.24, 2.45) is 5.73 Å². The number of nitrogens with two attached hydrogens (primary N) is 2.